The van der Waals surface area contributed by atoms with Gasteiger partial charge < -0.3 is 19.5 Å². The van der Waals surface area contributed by atoms with Crippen molar-refractivity contribution < 1.29 is 24.2 Å². The molecule has 1 N–H and O–H groups in total. The highest BCUT2D eigenvalue weighted by Gasteiger charge is 2.41. The highest BCUT2D eigenvalue weighted by Crippen LogP contribution is 2.41. The number of hydrogen-bond acceptors (Lipinski definition) is 5. The molecule has 4 rings (SSSR count). The van der Waals surface area contributed by atoms with E-state index in [1.54, 1.807) is 13.2 Å². The van der Waals surface area contributed by atoms with Crippen LogP contribution in [0.4, 0.5) is 0 Å². The van der Waals surface area contributed by atoms with E-state index in [9.17, 15) is 14.7 Å². The topological polar surface area (TPSA) is 89.0 Å². The van der Waals surface area contributed by atoms with Crippen LogP contribution in [-0.2, 0) is 9.53 Å². The number of likely N-dealkylation sites (tertiary alicyclic amines) is 1. The Bertz CT molecular complexity index is 909. The number of aliphatic carboxylic acids is 1. The summed E-state index contributed by atoms with van der Waals surface area (Å²) in [7, 11) is 3.11. The molecule has 1 saturated carbocycles. The summed E-state index contributed by atoms with van der Waals surface area (Å²) in [4.78, 5) is 31.2. The van der Waals surface area contributed by atoms with E-state index in [1.165, 1.54) is 12.0 Å². The zero-order valence-corrected chi connectivity index (χ0v) is 15.3. The van der Waals surface area contributed by atoms with Gasteiger partial charge in [-0.15, -0.1) is 0 Å². The molecule has 1 aliphatic heterocycles. The van der Waals surface area contributed by atoms with Gasteiger partial charge in [0.2, 0.25) is 0 Å². The summed E-state index contributed by atoms with van der Waals surface area (Å²) in [6.07, 6.45) is 2.14. The second-order valence-corrected chi connectivity index (χ2v) is 7.16. The molecule has 27 heavy (non-hydrogen) atoms. The van der Waals surface area contributed by atoms with Crippen molar-refractivity contribution in [2.45, 2.75) is 37.3 Å². The summed E-state index contributed by atoms with van der Waals surface area (Å²) in [5, 5.41) is 10.2. The van der Waals surface area contributed by atoms with Crippen LogP contribution in [0, 0.1) is 0 Å². The number of fused-ring (bicyclic) bond motifs is 1. The molecule has 2 aliphatic rings. The molecular formula is C20H22N2O5. The standard InChI is InChI=1S/C20H22N2O5/c1-26-12-5-6-16-14(7-12)15(9-17(21-16)11-3-4-11)19(23)22-10-13(27-2)8-18(22)20(24)25/h5-7,9,11,13,18H,3-4,8,10H2,1-2H3,(H,24,25). The van der Waals surface area contributed by atoms with E-state index in [1.807, 2.05) is 18.2 Å². The lowest BCUT2D eigenvalue weighted by Crippen LogP contribution is -2.40. The van der Waals surface area contributed by atoms with Gasteiger partial charge in [0.05, 0.1) is 24.3 Å². The highest BCUT2D eigenvalue weighted by atomic mass is 16.5. The Hall–Kier alpha value is -2.67. The van der Waals surface area contributed by atoms with Crippen LogP contribution >= 0.6 is 0 Å². The van der Waals surface area contributed by atoms with Crippen LogP contribution in [0.5, 0.6) is 5.75 Å². The van der Waals surface area contributed by atoms with Gasteiger partial charge in [-0.1, -0.05) is 0 Å². The number of carbonyl (C=O) groups excluding carboxylic acids is 1. The van der Waals surface area contributed by atoms with Crippen LogP contribution < -0.4 is 4.74 Å². The van der Waals surface area contributed by atoms with Crippen molar-refractivity contribution in [2.75, 3.05) is 20.8 Å². The molecule has 2 unspecified atom stereocenters. The monoisotopic (exact) mass is 370 g/mol. The van der Waals surface area contributed by atoms with Gasteiger partial charge in [-0.2, -0.15) is 0 Å². The van der Waals surface area contributed by atoms with Crippen LogP contribution in [-0.4, -0.2) is 59.8 Å². The smallest absolute Gasteiger partial charge is 0.326 e. The van der Waals surface area contributed by atoms with Crippen LogP contribution in [0.25, 0.3) is 10.9 Å². The van der Waals surface area contributed by atoms with Crippen molar-refractivity contribution in [2.24, 2.45) is 0 Å². The molecule has 1 aliphatic carbocycles. The number of carboxylic acids is 1. The third-order valence-corrected chi connectivity index (χ3v) is 5.40. The van der Waals surface area contributed by atoms with Crippen molar-refractivity contribution in [1.29, 1.82) is 0 Å². The lowest BCUT2D eigenvalue weighted by Gasteiger charge is -2.22. The molecule has 2 heterocycles. The first-order valence-corrected chi connectivity index (χ1v) is 9.07. The van der Waals surface area contributed by atoms with Gasteiger partial charge in [0.25, 0.3) is 5.91 Å². The lowest BCUT2D eigenvalue weighted by molar-refractivity contribution is -0.141. The van der Waals surface area contributed by atoms with Gasteiger partial charge in [-0.25, -0.2) is 4.79 Å². The van der Waals surface area contributed by atoms with E-state index in [-0.39, 0.29) is 18.6 Å². The summed E-state index contributed by atoms with van der Waals surface area (Å²) in [5.74, 6) is -0.308. The molecule has 7 heteroatoms. The van der Waals surface area contributed by atoms with Crippen molar-refractivity contribution in [1.82, 2.24) is 9.88 Å². The highest BCUT2D eigenvalue weighted by molar-refractivity contribution is 6.07. The van der Waals surface area contributed by atoms with Crippen LogP contribution in [0.1, 0.15) is 41.2 Å². The number of aromatic nitrogens is 1. The number of pyridine rings is 1. The maximum atomic E-state index is 13.4. The predicted molar refractivity (Wildman–Crippen MR) is 98.1 cm³/mol. The number of benzene rings is 1. The summed E-state index contributed by atoms with van der Waals surface area (Å²) in [6.45, 7) is 0.263. The van der Waals surface area contributed by atoms with Crippen molar-refractivity contribution in [3.8, 4) is 5.75 Å². The van der Waals surface area contributed by atoms with Crippen molar-refractivity contribution in [3.63, 3.8) is 0 Å². The molecule has 1 amide bonds. The number of carbonyl (C=O) groups is 2. The molecular weight excluding hydrogens is 348 g/mol. The maximum Gasteiger partial charge on any atom is 0.326 e. The Morgan fingerprint density at radius 1 is 1.22 bits per heavy atom. The molecule has 1 saturated heterocycles. The maximum absolute atomic E-state index is 13.4. The average Bonchev–Trinajstić information content (AvgIpc) is 3.44. The van der Waals surface area contributed by atoms with Crippen molar-refractivity contribution in [3.05, 3.63) is 35.5 Å². The third-order valence-electron chi connectivity index (χ3n) is 5.40. The first kappa shape index (κ1) is 17.7. The minimum atomic E-state index is -1.01. The fourth-order valence-corrected chi connectivity index (χ4v) is 3.70. The molecule has 0 spiro atoms. The first-order chi connectivity index (χ1) is 13.0. The number of hydrogen-bond donors (Lipinski definition) is 1. The molecule has 0 radical (unpaired) electrons. The van der Waals surface area contributed by atoms with Crippen LogP contribution in [0.3, 0.4) is 0 Å². The van der Waals surface area contributed by atoms with E-state index in [4.69, 9.17) is 14.5 Å². The Labute approximate surface area is 156 Å². The number of rotatable bonds is 5. The molecule has 2 fully saturated rings. The number of ether oxygens (including phenoxy) is 2. The van der Waals surface area contributed by atoms with Gasteiger partial charge in [0, 0.05) is 37.1 Å². The molecule has 0 bridgehead atoms. The number of amides is 1. The predicted octanol–water partition coefficient (Wildman–Crippen LogP) is 2.43. The summed E-state index contributed by atoms with van der Waals surface area (Å²) in [6, 6.07) is 6.37. The second kappa shape index (κ2) is 6.81. The average molecular weight is 370 g/mol. The molecule has 142 valence electrons. The van der Waals surface area contributed by atoms with Crippen molar-refractivity contribution >= 4 is 22.8 Å². The fourth-order valence-electron chi connectivity index (χ4n) is 3.70. The van der Waals surface area contributed by atoms with E-state index < -0.39 is 12.0 Å². The quantitative estimate of drug-likeness (QED) is 0.870. The largest absolute Gasteiger partial charge is 0.497 e. The fraction of sp³-hybridized carbons (Fsp3) is 0.450. The summed E-state index contributed by atoms with van der Waals surface area (Å²) < 4.78 is 10.6. The zero-order valence-electron chi connectivity index (χ0n) is 15.3. The molecule has 2 atom stereocenters. The minimum absolute atomic E-state index is 0.263. The number of nitrogens with zero attached hydrogens (tertiary/aromatic N) is 2. The lowest BCUT2D eigenvalue weighted by atomic mass is 10.0. The summed E-state index contributed by atoms with van der Waals surface area (Å²) >= 11 is 0. The first-order valence-electron chi connectivity index (χ1n) is 9.07. The van der Waals surface area contributed by atoms with E-state index in [2.05, 4.69) is 0 Å². The van der Waals surface area contributed by atoms with Gasteiger partial charge in [0.1, 0.15) is 11.8 Å². The Morgan fingerprint density at radius 2 is 2.00 bits per heavy atom. The van der Waals surface area contributed by atoms with Gasteiger partial charge in [-0.3, -0.25) is 9.78 Å². The Kier molecular flexibility index (Phi) is 4.47. The molecule has 7 nitrogen and oxygen atoms in total. The Morgan fingerprint density at radius 3 is 2.63 bits per heavy atom. The molecule has 2 aromatic rings. The zero-order chi connectivity index (χ0) is 19.1. The van der Waals surface area contributed by atoms with Gasteiger partial charge in [-0.05, 0) is 37.1 Å². The summed E-state index contributed by atoms with van der Waals surface area (Å²) in [5.41, 5.74) is 2.09. The SMILES string of the molecule is COc1ccc2nc(C3CC3)cc(C(=O)N3CC(OC)CC3C(=O)O)c2c1. The number of methoxy groups -OCH3 is 2. The van der Waals surface area contributed by atoms with E-state index in [0.29, 0.717) is 29.0 Å². The third kappa shape index (κ3) is 3.23. The Balaban J connectivity index is 1.80. The molecule has 1 aromatic carbocycles. The van der Waals surface area contributed by atoms with E-state index >= 15 is 0 Å². The number of carboxylic acid groups (broad SMARTS) is 1. The second-order valence-electron chi connectivity index (χ2n) is 7.16. The van der Waals surface area contributed by atoms with E-state index in [0.717, 1.165) is 24.1 Å². The van der Waals surface area contributed by atoms with Gasteiger partial charge in [0.15, 0.2) is 0 Å². The van der Waals surface area contributed by atoms with Crippen LogP contribution in [0.2, 0.25) is 0 Å². The minimum Gasteiger partial charge on any atom is -0.497 e. The molecule has 1 aromatic heterocycles. The van der Waals surface area contributed by atoms with Gasteiger partial charge >= 0.3 is 5.97 Å². The van der Waals surface area contributed by atoms with Crippen LogP contribution in [0.15, 0.2) is 24.3 Å². The normalized spacial score (nSPS) is 22.2.